The van der Waals surface area contributed by atoms with Gasteiger partial charge in [-0.3, -0.25) is 4.79 Å². The Bertz CT molecular complexity index is 1390. The fraction of sp³-hybridized carbons (Fsp3) is 0.154. The van der Waals surface area contributed by atoms with Gasteiger partial charge in [0.1, 0.15) is 11.3 Å². The SMILES string of the molecule is COc1ccc(-c2c(C)c3ccc(OCC(=O)c4ccc(Br)cc4)cc3oc2=O)cc1OC. The summed E-state index contributed by atoms with van der Waals surface area (Å²) < 4.78 is 22.8. The second-order valence-corrected chi connectivity index (χ2v) is 8.25. The number of hydrogen-bond acceptors (Lipinski definition) is 6. The number of carbonyl (C=O) groups is 1. The quantitative estimate of drug-likeness (QED) is 0.231. The van der Waals surface area contributed by atoms with E-state index in [1.165, 1.54) is 0 Å². The molecule has 7 heteroatoms. The van der Waals surface area contributed by atoms with Crippen LogP contribution < -0.4 is 19.8 Å². The minimum Gasteiger partial charge on any atom is -0.493 e. The number of ketones is 1. The highest BCUT2D eigenvalue weighted by Crippen LogP contribution is 2.34. The van der Waals surface area contributed by atoms with E-state index in [1.807, 2.05) is 13.0 Å². The van der Waals surface area contributed by atoms with Gasteiger partial charge >= 0.3 is 5.63 Å². The summed E-state index contributed by atoms with van der Waals surface area (Å²) in [6, 6.07) is 17.5. The van der Waals surface area contributed by atoms with Crippen molar-refractivity contribution in [3.05, 3.63) is 86.7 Å². The predicted molar refractivity (Wildman–Crippen MR) is 130 cm³/mol. The van der Waals surface area contributed by atoms with Crippen LogP contribution in [0.5, 0.6) is 17.2 Å². The van der Waals surface area contributed by atoms with E-state index in [9.17, 15) is 9.59 Å². The number of aryl methyl sites for hydroxylation is 1. The van der Waals surface area contributed by atoms with E-state index in [1.54, 1.807) is 68.8 Å². The number of Topliss-reactive ketones (excluding diaryl/α,β-unsaturated/α-hetero) is 1. The molecule has 33 heavy (non-hydrogen) atoms. The average Bonchev–Trinajstić information content (AvgIpc) is 2.82. The van der Waals surface area contributed by atoms with E-state index < -0.39 is 5.63 Å². The molecule has 0 atom stereocenters. The summed E-state index contributed by atoms with van der Waals surface area (Å²) in [5.41, 5.74) is 2.35. The Kier molecular flexibility index (Phi) is 6.51. The highest BCUT2D eigenvalue weighted by Gasteiger charge is 2.16. The van der Waals surface area contributed by atoms with Crippen molar-refractivity contribution in [3.63, 3.8) is 0 Å². The number of benzene rings is 3. The smallest absolute Gasteiger partial charge is 0.344 e. The molecule has 168 valence electrons. The molecule has 0 spiro atoms. The van der Waals surface area contributed by atoms with E-state index in [0.29, 0.717) is 39.5 Å². The van der Waals surface area contributed by atoms with Gasteiger partial charge in [-0.05, 0) is 54.4 Å². The van der Waals surface area contributed by atoms with Gasteiger partial charge in [0, 0.05) is 21.5 Å². The molecule has 0 aliphatic rings. The van der Waals surface area contributed by atoms with Crippen LogP contribution in [0.3, 0.4) is 0 Å². The highest BCUT2D eigenvalue weighted by atomic mass is 79.9. The van der Waals surface area contributed by atoms with Crippen LogP contribution in [0.4, 0.5) is 0 Å². The lowest BCUT2D eigenvalue weighted by molar-refractivity contribution is 0.0921. The first kappa shape index (κ1) is 22.6. The molecule has 0 N–H and O–H groups in total. The number of hydrogen-bond donors (Lipinski definition) is 0. The summed E-state index contributed by atoms with van der Waals surface area (Å²) in [7, 11) is 3.10. The third kappa shape index (κ3) is 4.64. The molecule has 0 aliphatic carbocycles. The summed E-state index contributed by atoms with van der Waals surface area (Å²) >= 11 is 3.35. The molecule has 1 aromatic heterocycles. The van der Waals surface area contributed by atoms with E-state index in [-0.39, 0.29) is 12.4 Å². The summed E-state index contributed by atoms with van der Waals surface area (Å²) in [6.45, 7) is 1.74. The molecule has 0 aliphatic heterocycles. The second-order valence-electron chi connectivity index (χ2n) is 7.34. The van der Waals surface area contributed by atoms with Gasteiger partial charge in [0.15, 0.2) is 23.9 Å². The van der Waals surface area contributed by atoms with E-state index in [2.05, 4.69) is 15.9 Å². The molecule has 0 saturated carbocycles. The number of ether oxygens (including phenoxy) is 3. The monoisotopic (exact) mass is 508 g/mol. The van der Waals surface area contributed by atoms with Crippen LogP contribution in [0.15, 0.2) is 74.3 Å². The summed E-state index contributed by atoms with van der Waals surface area (Å²) in [5.74, 6) is 1.38. The highest BCUT2D eigenvalue weighted by molar-refractivity contribution is 9.10. The molecule has 4 rings (SSSR count). The van der Waals surface area contributed by atoms with Gasteiger partial charge in [-0.25, -0.2) is 4.79 Å². The maximum atomic E-state index is 12.9. The molecule has 0 radical (unpaired) electrons. The lowest BCUT2D eigenvalue weighted by Gasteiger charge is -2.12. The molecule has 0 saturated heterocycles. The molecule has 6 nitrogen and oxygen atoms in total. The van der Waals surface area contributed by atoms with Crippen molar-refractivity contribution in [1.82, 2.24) is 0 Å². The molecule has 0 fully saturated rings. The zero-order valence-corrected chi connectivity index (χ0v) is 19.9. The fourth-order valence-electron chi connectivity index (χ4n) is 3.62. The molecule has 0 unspecified atom stereocenters. The van der Waals surface area contributed by atoms with Crippen molar-refractivity contribution < 1.29 is 23.4 Å². The predicted octanol–water partition coefficient (Wildman–Crippen LogP) is 5.81. The summed E-state index contributed by atoms with van der Waals surface area (Å²) in [5, 5.41) is 0.769. The van der Waals surface area contributed by atoms with Crippen LogP contribution in [0.2, 0.25) is 0 Å². The average molecular weight is 509 g/mol. The molecule has 4 aromatic rings. The topological polar surface area (TPSA) is 75.0 Å². The lowest BCUT2D eigenvalue weighted by atomic mass is 9.99. The molecule has 1 heterocycles. The van der Waals surface area contributed by atoms with Gasteiger partial charge in [0.2, 0.25) is 0 Å². The molecule has 0 amide bonds. The van der Waals surface area contributed by atoms with Crippen molar-refractivity contribution in [2.24, 2.45) is 0 Å². The Morgan fingerprint density at radius 2 is 1.67 bits per heavy atom. The number of carbonyl (C=O) groups excluding carboxylic acids is 1. The van der Waals surface area contributed by atoms with Gasteiger partial charge in [0.25, 0.3) is 0 Å². The van der Waals surface area contributed by atoms with Gasteiger partial charge in [-0.2, -0.15) is 0 Å². The Labute approximate surface area is 198 Å². The van der Waals surface area contributed by atoms with Gasteiger partial charge in [-0.1, -0.05) is 34.1 Å². The molecular formula is C26H21BrO6. The van der Waals surface area contributed by atoms with Crippen LogP contribution in [-0.4, -0.2) is 26.6 Å². The first-order valence-electron chi connectivity index (χ1n) is 10.1. The Morgan fingerprint density at radius 3 is 2.36 bits per heavy atom. The van der Waals surface area contributed by atoms with Crippen LogP contribution in [0.25, 0.3) is 22.1 Å². The van der Waals surface area contributed by atoms with Crippen LogP contribution in [0, 0.1) is 6.92 Å². The Hall–Kier alpha value is -3.58. The van der Waals surface area contributed by atoms with Gasteiger partial charge in [-0.15, -0.1) is 0 Å². The van der Waals surface area contributed by atoms with Gasteiger partial charge in [0.05, 0.1) is 19.8 Å². The summed E-state index contributed by atoms with van der Waals surface area (Å²) in [4.78, 5) is 25.2. The van der Waals surface area contributed by atoms with Crippen molar-refractivity contribution in [2.45, 2.75) is 6.92 Å². The third-order valence-electron chi connectivity index (χ3n) is 5.35. The van der Waals surface area contributed by atoms with Crippen LogP contribution >= 0.6 is 15.9 Å². The minimum absolute atomic E-state index is 0.125. The first-order valence-corrected chi connectivity index (χ1v) is 10.9. The Balaban J connectivity index is 1.63. The zero-order chi connectivity index (χ0) is 23.5. The normalized spacial score (nSPS) is 10.8. The summed E-state index contributed by atoms with van der Waals surface area (Å²) in [6.07, 6.45) is 0. The fourth-order valence-corrected chi connectivity index (χ4v) is 3.88. The zero-order valence-electron chi connectivity index (χ0n) is 18.3. The molecule has 0 bridgehead atoms. The number of halogens is 1. The van der Waals surface area contributed by atoms with Crippen molar-refractivity contribution >= 4 is 32.7 Å². The first-order chi connectivity index (χ1) is 15.9. The van der Waals surface area contributed by atoms with Gasteiger partial charge < -0.3 is 18.6 Å². The van der Waals surface area contributed by atoms with Crippen molar-refractivity contribution in [3.8, 4) is 28.4 Å². The number of fused-ring (bicyclic) bond motifs is 1. The van der Waals surface area contributed by atoms with E-state index in [0.717, 1.165) is 15.4 Å². The van der Waals surface area contributed by atoms with E-state index in [4.69, 9.17) is 18.6 Å². The molecular weight excluding hydrogens is 488 g/mol. The second kappa shape index (κ2) is 9.50. The van der Waals surface area contributed by atoms with E-state index >= 15 is 0 Å². The maximum Gasteiger partial charge on any atom is 0.344 e. The number of methoxy groups -OCH3 is 2. The molecule has 3 aromatic carbocycles. The Morgan fingerprint density at radius 1 is 0.939 bits per heavy atom. The van der Waals surface area contributed by atoms with Crippen molar-refractivity contribution in [1.29, 1.82) is 0 Å². The number of rotatable bonds is 7. The third-order valence-corrected chi connectivity index (χ3v) is 5.88. The largest absolute Gasteiger partial charge is 0.493 e. The van der Waals surface area contributed by atoms with Crippen molar-refractivity contribution in [2.75, 3.05) is 20.8 Å². The van der Waals surface area contributed by atoms with Crippen LogP contribution in [0.1, 0.15) is 15.9 Å². The standard InChI is InChI=1S/C26H21BrO6/c1-15-20-10-9-19(32-14-21(28)16-4-7-18(27)8-5-16)13-23(20)33-26(29)25(15)17-6-11-22(30-2)24(12-17)31-3/h4-13H,14H2,1-3H3. The lowest BCUT2D eigenvalue weighted by Crippen LogP contribution is -2.11. The minimum atomic E-state index is -0.477. The maximum absolute atomic E-state index is 12.9. The van der Waals surface area contributed by atoms with Crippen LogP contribution in [-0.2, 0) is 0 Å².